The van der Waals surface area contributed by atoms with E-state index < -0.39 is 6.04 Å². The summed E-state index contributed by atoms with van der Waals surface area (Å²) in [4.78, 5) is 12.2. The number of halogens is 1. The molecule has 1 amide bonds. The molecule has 104 valence electrons. The third-order valence-electron chi connectivity index (χ3n) is 3.11. The van der Waals surface area contributed by atoms with E-state index in [9.17, 15) is 9.90 Å². The van der Waals surface area contributed by atoms with Crippen LogP contribution in [-0.2, 0) is 0 Å². The summed E-state index contributed by atoms with van der Waals surface area (Å²) < 4.78 is 0. The number of carbonyl (C=O) groups is 1. The summed E-state index contributed by atoms with van der Waals surface area (Å²) in [6.07, 6.45) is 0. The largest absolute Gasteiger partial charge is 0.394 e. The lowest BCUT2D eigenvalue weighted by atomic mass is 10.1. The minimum atomic E-state index is -0.417. The molecular formula is C16H16ClNO2. The number of carbonyl (C=O) groups excluding carboxylic acids is 1. The maximum atomic E-state index is 12.2. The van der Waals surface area contributed by atoms with Gasteiger partial charge < -0.3 is 10.4 Å². The van der Waals surface area contributed by atoms with Crippen molar-refractivity contribution in [2.24, 2.45) is 0 Å². The van der Waals surface area contributed by atoms with Gasteiger partial charge in [0.2, 0.25) is 0 Å². The first kappa shape index (κ1) is 14.6. The molecule has 0 aliphatic heterocycles. The SMILES string of the molecule is Cc1cc(C(=O)NC(CO)c2ccccc2)ccc1Cl. The predicted octanol–water partition coefficient (Wildman–Crippen LogP) is 3.11. The lowest BCUT2D eigenvalue weighted by Gasteiger charge is -2.17. The van der Waals surface area contributed by atoms with Crippen molar-refractivity contribution >= 4 is 17.5 Å². The molecule has 4 heteroatoms. The summed E-state index contributed by atoms with van der Waals surface area (Å²) in [6.45, 7) is 1.70. The molecule has 2 aromatic carbocycles. The van der Waals surface area contributed by atoms with Gasteiger partial charge in [0.05, 0.1) is 12.6 Å². The number of rotatable bonds is 4. The Hall–Kier alpha value is -1.84. The van der Waals surface area contributed by atoms with Crippen molar-refractivity contribution in [1.82, 2.24) is 5.32 Å². The molecule has 0 aliphatic carbocycles. The highest BCUT2D eigenvalue weighted by molar-refractivity contribution is 6.31. The van der Waals surface area contributed by atoms with Gasteiger partial charge in [-0.25, -0.2) is 0 Å². The van der Waals surface area contributed by atoms with Crippen molar-refractivity contribution in [3.8, 4) is 0 Å². The van der Waals surface area contributed by atoms with Gasteiger partial charge in [0, 0.05) is 10.6 Å². The van der Waals surface area contributed by atoms with Gasteiger partial charge >= 0.3 is 0 Å². The molecule has 0 saturated carbocycles. The van der Waals surface area contributed by atoms with Crippen LogP contribution in [0, 0.1) is 6.92 Å². The van der Waals surface area contributed by atoms with Crippen LogP contribution >= 0.6 is 11.6 Å². The molecule has 1 unspecified atom stereocenters. The number of aliphatic hydroxyl groups excluding tert-OH is 1. The average Bonchev–Trinajstić information content (AvgIpc) is 2.48. The fraction of sp³-hybridized carbons (Fsp3) is 0.188. The second kappa shape index (κ2) is 6.55. The summed E-state index contributed by atoms with van der Waals surface area (Å²) >= 11 is 5.94. The van der Waals surface area contributed by atoms with E-state index >= 15 is 0 Å². The van der Waals surface area contributed by atoms with E-state index in [0.717, 1.165) is 11.1 Å². The van der Waals surface area contributed by atoms with Gasteiger partial charge in [-0.15, -0.1) is 0 Å². The highest BCUT2D eigenvalue weighted by Crippen LogP contribution is 2.17. The molecule has 2 N–H and O–H groups in total. The van der Waals surface area contributed by atoms with Crippen molar-refractivity contribution in [2.75, 3.05) is 6.61 Å². The van der Waals surface area contributed by atoms with Gasteiger partial charge in [0.25, 0.3) is 5.91 Å². The van der Waals surface area contributed by atoms with Gasteiger partial charge in [0.1, 0.15) is 0 Å². The smallest absolute Gasteiger partial charge is 0.251 e. The van der Waals surface area contributed by atoms with Gasteiger partial charge in [-0.1, -0.05) is 41.9 Å². The predicted molar refractivity (Wildman–Crippen MR) is 79.9 cm³/mol. The van der Waals surface area contributed by atoms with Gasteiger partial charge in [-0.3, -0.25) is 4.79 Å². The number of nitrogens with one attached hydrogen (secondary N) is 1. The Morgan fingerprint density at radius 1 is 1.25 bits per heavy atom. The molecular weight excluding hydrogens is 274 g/mol. The van der Waals surface area contributed by atoms with Crippen LogP contribution in [-0.4, -0.2) is 17.6 Å². The number of hydrogen-bond donors (Lipinski definition) is 2. The van der Waals surface area contributed by atoms with Crippen LogP contribution in [0.5, 0.6) is 0 Å². The number of aliphatic hydroxyl groups is 1. The minimum Gasteiger partial charge on any atom is -0.394 e. The summed E-state index contributed by atoms with van der Waals surface area (Å²) in [5.74, 6) is -0.229. The van der Waals surface area contributed by atoms with E-state index in [1.807, 2.05) is 37.3 Å². The van der Waals surface area contributed by atoms with Crippen molar-refractivity contribution in [1.29, 1.82) is 0 Å². The lowest BCUT2D eigenvalue weighted by Crippen LogP contribution is -2.30. The molecule has 0 heterocycles. The van der Waals surface area contributed by atoms with Crippen LogP contribution in [0.25, 0.3) is 0 Å². The van der Waals surface area contributed by atoms with Crippen LogP contribution in [0.4, 0.5) is 0 Å². The minimum absolute atomic E-state index is 0.150. The second-order valence-corrected chi connectivity index (χ2v) is 4.99. The maximum absolute atomic E-state index is 12.2. The molecule has 0 aliphatic rings. The molecule has 0 aromatic heterocycles. The van der Waals surface area contributed by atoms with Crippen molar-refractivity contribution in [3.05, 3.63) is 70.2 Å². The van der Waals surface area contributed by atoms with E-state index in [2.05, 4.69) is 5.32 Å². The topological polar surface area (TPSA) is 49.3 Å². The monoisotopic (exact) mass is 289 g/mol. The van der Waals surface area contributed by atoms with Crippen LogP contribution in [0.3, 0.4) is 0 Å². The fourth-order valence-corrected chi connectivity index (χ4v) is 2.06. The van der Waals surface area contributed by atoms with Crippen molar-refractivity contribution in [2.45, 2.75) is 13.0 Å². The number of amides is 1. The van der Waals surface area contributed by atoms with Crippen molar-refractivity contribution in [3.63, 3.8) is 0 Å². The molecule has 1 atom stereocenters. The third kappa shape index (κ3) is 3.38. The Kier molecular flexibility index (Phi) is 4.77. The van der Waals surface area contributed by atoms with E-state index in [-0.39, 0.29) is 12.5 Å². The van der Waals surface area contributed by atoms with Crippen LogP contribution in [0.1, 0.15) is 27.5 Å². The second-order valence-electron chi connectivity index (χ2n) is 4.58. The molecule has 0 saturated heterocycles. The third-order valence-corrected chi connectivity index (χ3v) is 3.53. The van der Waals surface area contributed by atoms with E-state index in [4.69, 9.17) is 11.6 Å². The Labute approximate surface area is 123 Å². The zero-order chi connectivity index (χ0) is 14.5. The van der Waals surface area contributed by atoms with Crippen LogP contribution in [0.15, 0.2) is 48.5 Å². The fourth-order valence-electron chi connectivity index (χ4n) is 1.95. The Bertz CT molecular complexity index is 599. The Balaban J connectivity index is 2.15. The zero-order valence-corrected chi connectivity index (χ0v) is 11.9. The highest BCUT2D eigenvalue weighted by atomic mass is 35.5. The average molecular weight is 290 g/mol. The molecule has 2 rings (SSSR count). The van der Waals surface area contributed by atoms with E-state index in [0.29, 0.717) is 10.6 Å². The number of aryl methyl sites for hydroxylation is 1. The maximum Gasteiger partial charge on any atom is 0.251 e. The van der Waals surface area contributed by atoms with Crippen molar-refractivity contribution < 1.29 is 9.90 Å². The highest BCUT2D eigenvalue weighted by Gasteiger charge is 2.15. The molecule has 0 spiro atoms. The van der Waals surface area contributed by atoms with E-state index in [1.54, 1.807) is 18.2 Å². The first-order valence-electron chi connectivity index (χ1n) is 6.34. The Morgan fingerprint density at radius 3 is 2.55 bits per heavy atom. The molecule has 20 heavy (non-hydrogen) atoms. The first-order chi connectivity index (χ1) is 9.61. The van der Waals surface area contributed by atoms with Crippen LogP contribution < -0.4 is 5.32 Å². The quantitative estimate of drug-likeness (QED) is 0.908. The Morgan fingerprint density at radius 2 is 1.95 bits per heavy atom. The summed E-state index contributed by atoms with van der Waals surface area (Å²) in [5.41, 5.74) is 2.25. The summed E-state index contributed by atoms with van der Waals surface area (Å²) in [6, 6.07) is 14.1. The molecule has 2 aromatic rings. The zero-order valence-electron chi connectivity index (χ0n) is 11.1. The van der Waals surface area contributed by atoms with Gasteiger partial charge in [0.15, 0.2) is 0 Å². The summed E-state index contributed by atoms with van der Waals surface area (Å²) in [5, 5.41) is 12.9. The number of benzene rings is 2. The molecule has 0 fully saturated rings. The lowest BCUT2D eigenvalue weighted by molar-refractivity contribution is 0.0916. The molecule has 0 bridgehead atoms. The normalized spacial score (nSPS) is 11.9. The molecule has 3 nitrogen and oxygen atoms in total. The van der Waals surface area contributed by atoms with E-state index in [1.165, 1.54) is 0 Å². The molecule has 0 radical (unpaired) electrons. The van der Waals surface area contributed by atoms with Gasteiger partial charge in [-0.05, 0) is 36.2 Å². The number of hydrogen-bond acceptors (Lipinski definition) is 2. The summed E-state index contributed by atoms with van der Waals surface area (Å²) in [7, 11) is 0. The standard InChI is InChI=1S/C16H16ClNO2/c1-11-9-13(7-8-14(11)17)16(20)18-15(10-19)12-5-3-2-4-6-12/h2-9,15,19H,10H2,1H3,(H,18,20). The van der Waals surface area contributed by atoms with Gasteiger partial charge in [-0.2, -0.15) is 0 Å². The van der Waals surface area contributed by atoms with Crippen LogP contribution in [0.2, 0.25) is 5.02 Å². The first-order valence-corrected chi connectivity index (χ1v) is 6.72.